The molecule has 0 saturated carbocycles. The summed E-state index contributed by atoms with van der Waals surface area (Å²) in [5.74, 6) is -128. The van der Waals surface area contributed by atoms with Crippen molar-refractivity contribution in [3.05, 3.63) is 29.8 Å². The Morgan fingerprint density at radius 2 is 0.654 bits per heavy atom. The summed E-state index contributed by atoms with van der Waals surface area (Å²) in [7, 11) is -9.47. The summed E-state index contributed by atoms with van der Waals surface area (Å²) in [5, 5.41) is 0. The summed E-state index contributed by atoms with van der Waals surface area (Å²) >= 11 is 0. The maximum Gasteiger partial charge on any atom is 0.494 e. The number of carbonyl (C=O) groups excluding carboxylic acids is 1. The number of halogens is 39. The minimum Gasteiger partial charge on any atom is -0.405 e. The van der Waals surface area contributed by atoms with E-state index in [4.69, 9.17) is 9.31 Å². The molecule has 0 aliphatic carbocycles. The lowest BCUT2D eigenvalue weighted by Gasteiger charge is -2.43. The molecule has 1 aliphatic heterocycles. The Bertz CT molecular complexity index is 2060. The molecule has 0 radical (unpaired) electrons. The molecule has 78 heavy (non-hydrogen) atoms. The van der Waals surface area contributed by atoms with Crippen LogP contribution in [0.2, 0.25) is 24.2 Å². The summed E-state index contributed by atoms with van der Waals surface area (Å²) in [6.45, 7) is -1.68. The second-order valence-corrected chi connectivity index (χ2v) is 21.8. The van der Waals surface area contributed by atoms with Gasteiger partial charge >= 0.3 is 114 Å². The van der Waals surface area contributed by atoms with Gasteiger partial charge in [-0.15, -0.1) is 0 Å². The molecule has 1 fully saturated rings. The van der Waals surface area contributed by atoms with Crippen molar-refractivity contribution < 1.29 is 185 Å². The Hall–Kier alpha value is -3.64. The number of carbonyl (C=O) groups is 1. The highest BCUT2D eigenvalue weighted by atomic mass is 28.3. The fourth-order valence-electron chi connectivity index (χ4n) is 6.86. The van der Waals surface area contributed by atoms with Crippen LogP contribution >= 0.6 is 0 Å². The minimum absolute atomic E-state index is 0.168. The van der Waals surface area contributed by atoms with Crippen molar-refractivity contribution in [1.29, 1.82) is 0 Å². The monoisotopic (exact) mass is 1260 g/mol. The van der Waals surface area contributed by atoms with Gasteiger partial charge in [0.1, 0.15) is 6.29 Å². The fourth-order valence-corrected chi connectivity index (χ4v) is 11.9. The Balaban J connectivity index is 3.13. The average Bonchev–Trinajstić information content (AvgIpc) is 3.72. The van der Waals surface area contributed by atoms with Crippen LogP contribution in [0.3, 0.4) is 0 Å². The molecule has 1 saturated heterocycles. The van der Waals surface area contributed by atoms with Crippen molar-refractivity contribution in [2.45, 2.75) is 157 Å². The van der Waals surface area contributed by atoms with Crippen molar-refractivity contribution in [3.63, 3.8) is 0 Å². The first-order chi connectivity index (χ1) is 33.9. The number of benzene rings is 1. The van der Waals surface area contributed by atoms with Gasteiger partial charge in [0.2, 0.25) is 0 Å². The van der Waals surface area contributed by atoms with Crippen LogP contribution in [0.5, 0.6) is 0 Å². The molecule has 0 aromatic heterocycles. The third-order valence-corrected chi connectivity index (χ3v) is 16.9. The second kappa shape index (κ2) is 20.4. The van der Waals surface area contributed by atoms with Crippen molar-refractivity contribution >= 4 is 26.9 Å². The number of rotatable bonds is 25. The van der Waals surface area contributed by atoms with E-state index in [1.165, 1.54) is 0 Å². The molecule has 2 rings (SSSR count). The minimum atomic E-state index is -8.93. The zero-order chi connectivity index (χ0) is 62.4. The lowest BCUT2D eigenvalue weighted by molar-refractivity contribution is -0.440. The van der Waals surface area contributed by atoms with E-state index >= 15 is 26.3 Å². The predicted molar refractivity (Wildman–Crippen MR) is 179 cm³/mol. The van der Waals surface area contributed by atoms with Crippen LogP contribution in [-0.4, -0.2) is 142 Å². The third-order valence-electron chi connectivity index (χ3n) is 11.7. The molecule has 1 aromatic carbocycles. The van der Waals surface area contributed by atoms with Crippen LogP contribution in [0.4, 0.5) is 171 Å². The first-order valence-corrected chi connectivity index (χ1v) is 22.4. The van der Waals surface area contributed by atoms with Crippen molar-refractivity contribution in [1.82, 2.24) is 0 Å². The first-order valence-electron chi connectivity index (χ1n) is 19.5. The third kappa shape index (κ3) is 11.0. The van der Waals surface area contributed by atoms with Gasteiger partial charge in [0.25, 0.3) is 0 Å². The van der Waals surface area contributed by atoms with E-state index in [1.54, 1.807) is 0 Å². The Morgan fingerprint density at radius 1 is 0.397 bits per heavy atom. The normalized spacial score (nSPS) is 18.0. The van der Waals surface area contributed by atoms with Gasteiger partial charge in [-0.3, -0.25) is 4.79 Å². The van der Waals surface area contributed by atoms with Gasteiger partial charge in [0.15, 0.2) is 0 Å². The van der Waals surface area contributed by atoms with Gasteiger partial charge in [-0.25, -0.2) is 0 Å². The SMILES string of the molecule is O=Cc1ccccc1B1OCC(C[Si](CCC(F)(F)C(F)(F)C(F)(F)C(F)(F)C(F)(F)C(F)(F)F)(CCC(F)(F)C(F)(F)C(F)(F)C(F)(F)C(F)(F)C(F)(F)F)CCC(F)(F)C(F)(F)C(F)(F)C(F)(F)C(F)(F)C(F)(F)F)O1. The largest absolute Gasteiger partial charge is 0.494 e. The number of hydrogen-bond donors (Lipinski definition) is 0. The molecule has 0 amide bonds. The molecule has 0 spiro atoms. The standard InChI is InChI=1S/C34H22BF39O3Si/c36-17(37,20(42,43)23(48,49)26(54,55)29(60,61)32(66,67)68)5-8-78(13-15-12-76-35(77-15)16-4-2-1-3-14(16)11-75,9-6-18(38,39)21(44,45)24(50,51)27(56,57)30(62,63)33(69,70)71)10-7-19(40,41)22(46,47)25(52,53)28(58,59)31(64,65)34(72,73)74/h1-4,11,15H,5-10,12-13H2. The van der Waals surface area contributed by atoms with Crippen LogP contribution in [-0.2, 0) is 9.31 Å². The molecule has 0 N–H and O–H groups in total. The van der Waals surface area contributed by atoms with Crippen LogP contribution in [0.1, 0.15) is 29.6 Å². The van der Waals surface area contributed by atoms with Crippen LogP contribution in [0.15, 0.2) is 24.3 Å². The lowest BCUT2D eigenvalue weighted by atomic mass is 9.76. The molecule has 1 aromatic rings. The molecule has 0 bridgehead atoms. The van der Waals surface area contributed by atoms with Crippen molar-refractivity contribution in [3.8, 4) is 0 Å². The van der Waals surface area contributed by atoms with Crippen LogP contribution in [0.25, 0.3) is 0 Å². The molecule has 456 valence electrons. The topological polar surface area (TPSA) is 35.5 Å². The summed E-state index contributed by atoms with van der Waals surface area (Å²) in [4.78, 5) is 11.5. The van der Waals surface area contributed by atoms with Gasteiger partial charge in [0, 0.05) is 24.8 Å². The quantitative estimate of drug-likeness (QED) is 0.0556. The summed E-state index contributed by atoms with van der Waals surface area (Å²) < 4.78 is 556. The van der Waals surface area contributed by atoms with E-state index in [1.807, 2.05) is 0 Å². The Labute approximate surface area is 406 Å². The van der Waals surface area contributed by atoms with Crippen LogP contribution < -0.4 is 5.46 Å². The molecule has 3 nitrogen and oxygen atoms in total. The lowest BCUT2D eigenvalue weighted by Crippen LogP contribution is -2.70. The van der Waals surface area contributed by atoms with E-state index < -0.39 is 190 Å². The maximum absolute atomic E-state index is 15.3. The van der Waals surface area contributed by atoms with E-state index in [2.05, 4.69) is 0 Å². The molecule has 1 heterocycles. The molecule has 1 atom stereocenters. The van der Waals surface area contributed by atoms with Crippen molar-refractivity contribution in [2.24, 2.45) is 0 Å². The average molecular weight is 1260 g/mol. The van der Waals surface area contributed by atoms with Crippen LogP contribution in [0, 0.1) is 0 Å². The van der Waals surface area contributed by atoms with E-state index in [9.17, 15) is 150 Å². The summed E-state index contributed by atoms with van der Waals surface area (Å²) in [6, 6.07) is -9.21. The van der Waals surface area contributed by atoms with Gasteiger partial charge in [-0.2, -0.15) is 171 Å². The smallest absolute Gasteiger partial charge is 0.405 e. The molecular formula is C34H22BF39O3Si. The Kier molecular flexibility index (Phi) is 18.4. The Morgan fingerprint density at radius 3 is 0.910 bits per heavy atom. The predicted octanol–water partition coefficient (Wildman–Crippen LogP) is 15.4. The number of alkyl halides is 39. The molecular weight excluding hydrogens is 1240 g/mol. The highest BCUT2D eigenvalue weighted by Gasteiger charge is 2.93. The zero-order valence-corrected chi connectivity index (χ0v) is 37.2. The van der Waals surface area contributed by atoms with Gasteiger partial charge in [0.05, 0.1) is 20.8 Å². The molecule has 1 unspecified atom stereocenters. The first kappa shape index (κ1) is 70.5. The molecule has 1 aliphatic rings. The highest BCUT2D eigenvalue weighted by Crippen LogP contribution is 2.65. The highest BCUT2D eigenvalue weighted by molar-refractivity contribution is 6.80. The maximum atomic E-state index is 15.3. The summed E-state index contributed by atoms with van der Waals surface area (Å²) in [5.41, 5.74) is -1.35. The van der Waals surface area contributed by atoms with Gasteiger partial charge < -0.3 is 9.31 Å². The molecule has 44 heteroatoms. The van der Waals surface area contributed by atoms with Gasteiger partial charge in [-0.05, 0) is 11.5 Å². The van der Waals surface area contributed by atoms with Gasteiger partial charge in [-0.1, -0.05) is 42.4 Å². The zero-order valence-electron chi connectivity index (χ0n) is 36.2. The number of hydrogen-bond acceptors (Lipinski definition) is 3. The van der Waals surface area contributed by atoms with E-state index in [0.717, 1.165) is 18.2 Å². The second-order valence-electron chi connectivity index (χ2n) is 16.9. The summed E-state index contributed by atoms with van der Waals surface area (Å²) in [6.07, 6.45) is -39.8. The van der Waals surface area contributed by atoms with Crippen molar-refractivity contribution in [2.75, 3.05) is 6.61 Å². The fraction of sp³-hybridized carbons (Fsp3) is 0.794. The number of aldehydes is 1. The van der Waals surface area contributed by atoms with E-state index in [0.29, 0.717) is 6.07 Å². The van der Waals surface area contributed by atoms with E-state index in [-0.39, 0.29) is 6.29 Å².